The topological polar surface area (TPSA) is 37.0 Å². The Bertz CT molecular complexity index is 1120. The Kier molecular flexibility index (Phi) is 8.38. The van der Waals surface area contributed by atoms with E-state index in [1.54, 1.807) is 0 Å². The van der Waals surface area contributed by atoms with E-state index in [4.69, 9.17) is 4.74 Å². The number of aromatic amines is 1. The summed E-state index contributed by atoms with van der Waals surface area (Å²) in [6.45, 7) is 2.86. The summed E-state index contributed by atoms with van der Waals surface area (Å²) in [5, 5.41) is 4.96. The van der Waals surface area contributed by atoms with Crippen LogP contribution in [0.15, 0.2) is 72.8 Å². The zero-order chi connectivity index (χ0) is 20.2. The van der Waals surface area contributed by atoms with Gasteiger partial charge in [0.1, 0.15) is 5.75 Å². The highest BCUT2D eigenvalue weighted by molar-refractivity contribution is 5.88. The van der Waals surface area contributed by atoms with Gasteiger partial charge in [-0.25, -0.2) is 0 Å². The van der Waals surface area contributed by atoms with E-state index in [1.165, 1.54) is 38.9 Å². The molecular formula is C28H33ClN2O. The number of fused-ring (bicyclic) bond motifs is 3. The zero-order valence-electron chi connectivity index (χ0n) is 17.7. The number of hydrogen-bond acceptors (Lipinski definition) is 2. The van der Waals surface area contributed by atoms with Gasteiger partial charge in [-0.1, -0.05) is 62.0 Å². The molecule has 0 amide bonds. The van der Waals surface area contributed by atoms with E-state index in [0.717, 1.165) is 51.1 Å². The van der Waals surface area contributed by atoms with Gasteiger partial charge in [0.2, 0.25) is 0 Å². The summed E-state index contributed by atoms with van der Waals surface area (Å²) in [6.07, 6.45) is 4.25. The summed E-state index contributed by atoms with van der Waals surface area (Å²) in [5.41, 5.74) is 8.11. The molecule has 168 valence electrons. The fourth-order valence-electron chi connectivity index (χ4n) is 4.53. The van der Waals surface area contributed by atoms with Crippen LogP contribution in [0.5, 0.6) is 5.75 Å². The van der Waals surface area contributed by atoms with Crippen LogP contribution in [0.2, 0.25) is 0 Å². The molecule has 0 unspecified atom stereocenters. The number of aryl methyl sites for hydroxylation is 1. The molecule has 2 N–H and O–H groups in total. The fraction of sp³-hybridized carbons (Fsp3) is 0.286. The van der Waals surface area contributed by atoms with Crippen molar-refractivity contribution in [3.8, 4) is 16.9 Å². The van der Waals surface area contributed by atoms with E-state index < -0.39 is 0 Å². The molecular weight excluding hydrogens is 416 g/mol. The average Bonchev–Trinajstić information content (AvgIpc) is 3.00. The first-order valence-corrected chi connectivity index (χ1v) is 11.0. The monoisotopic (exact) mass is 448 g/mol. The van der Waals surface area contributed by atoms with Crippen molar-refractivity contribution in [1.82, 2.24) is 10.3 Å². The molecule has 0 radical (unpaired) electrons. The van der Waals surface area contributed by atoms with Crippen molar-refractivity contribution in [2.75, 3.05) is 19.7 Å². The van der Waals surface area contributed by atoms with Gasteiger partial charge in [0, 0.05) is 29.6 Å². The van der Waals surface area contributed by atoms with E-state index in [-0.39, 0.29) is 19.8 Å². The number of halogens is 1. The molecule has 1 aliphatic rings. The lowest BCUT2D eigenvalue weighted by Crippen LogP contribution is -2.16. The second-order valence-electron chi connectivity index (χ2n) is 8.01. The minimum absolute atomic E-state index is 0. The maximum Gasteiger partial charge on any atom is 0.119 e. The van der Waals surface area contributed by atoms with Crippen molar-refractivity contribution in [2.24, 2.45) is 0 Å². The molecule has 1 aliphatic heterocycles. The SMILES string of the molecule is C.Cl.c1ccc(-c2ccc(OCCCc3cccc4[nH]c5c(c34)CCNCC5)cc2)cc1. The number of hydrogen-bond donors (Lipinski definition) is 2. The quantitative estimate of drug-likeness (QED) is 0.326. The number of benzene rings is 3. The molecule has 0 aliphatic carbocycles. The Labute approximate surface area is 197 Å². The van der Waals surface area contributed by atoms with Gasteiger partial charge < -0.3 is 15.0 Å². The Morgan fingerprint density at radius 2 is 1.53 bits per heavy atom. The predicted octanol–water partition coefficient (Wildman–Crippen LogP) is 6.59. The molecule has 0 spiro atoms. The maximum absolute atomic E-state index is 6.03. The molecule has 1 aromatic heterocycles. The Balaban J connectivity index is 0.00000144. The first-order chi connectivity index (χ1) is 14.9. The van der Waals surface area contributed by atoms with Crippen LogP contribution in [0, 0.1) is 0 Å². The summed E-state index contributed by atoms with van der Waals surface area (Å²) in [7, 11) is 0. The lowest BCUT2D eigenvalue weighted by molar-refractivity contribution is 0.311. The van der Waals surface area contributed by atoms with Gasteiger partial charge in [-0.3, -0.25) is 0 Å². The van der Waals surface area contributed by atoms with Crippen molar-refractivity contribution in [1.29, 1.82) is 0 Å². The van der Waals surface area contributed by atoms with Gasteiger partial charge in [-0.05, 0) is 66.3 Å². The second kappa shape index (κ2) is 11.2. The largest absolute Gasteiger partial charge is 0.494 e. The van der Waals surface area contributed by atoms with Crippen LogP contribution in [0.1, 0.15) is 30.7 Å². The molecule has 0 saturated heterocycles. The molecule has 0 bridgehead atoms. The highest BCUT2D eigenvalue weighted by Gasteiger charge is 2.16. The van der Waals surface area contributed by atoms with Crippen LogP contribution in [-0.2, 0) is 19.3 Å². The first kappa shape index (κ1) is 23.9. The summed E-state index contributed by atoms with van der Waals surface area (Å²) >= 11 is 0. The molecule has 3 nitrogen and oxygen atoms in total. The smallest absolute Gasteiger partial charge is 0.119 e. The highest BCUT2D eigenvalue weighted by atomic mass is 35.5. The van der Waals surface area contributed by atoms with Crippen molar-refractivity contribution in [2.45, 2.75) is 33.1 Å². The van der Waals surface area contributed by atoms with E-state index in [9.17, 15) is 0 Å². The number of aromatic nitrogens is 1. The predicted molar refractivity (Wildman–Crippen MR) is 138 cm³/mol. The van der Waals surface area contributed by atoms with Crippen LogP contribution in [0.3, 0.4) is 0 Å². The maximum atomic E-state index is 6.03. The standard InChI is InChI=1S/C27H28N2O.CH4.ClH/c1-2-6-20(7-3-1)21-11-13-23(14-12-21)30-19-5-9-22-8-4-10-26-27(22)24-15-17-28-18-16-25(24)29-26;;/h1-4,6-8,10-14,28-29H,5,9,15-19H2;1H4;1H. The minimum atomic E-state index is 0. The van der Waals surface area contributed by atoms with Crippen molar-refractivity contribution in [3.05, 3.63) is 89.6 Å². The number of H-pyrrole nitrogens is 1. The average molecular weight is 449 g/mol. The lowest BCUT2D eigenvalue weighted by atomic mass is 9.99. The summed E-state index contributed by atoms with van der Waals surface area (Å²) < 4.78 is 6.03. The molecule has 0 atom stereocenters. The van der Waals surface area contributed by atoms with Gasteiger partial charge >= 0.3 is 0 Å². The number of nitrogens with one attached hydrogen (secondary N) is 2. The third-order valence-electron chi connectivity index (χ3n) is 6.03. The fourth-order valence-corrected chi connectivity index (χ4v) is 4.53. The van der Waals surface area contributed by atoms with Gasteiger partial charge in [0.05, 0.1) is 6.61 Å². The van der Waals surface area contributed by atoms with Gasteiger partial charge in [-0.15, -0.1) is 12.4 Å². The van der Waals surface area contributed by atoms with Crippen molar-refractivity contribution in [3.63, 3.8) is 0 Å². The van der Waals surface area contributed by atoms with Gasteiger partial charge in [0.15, 0.2) is 0 Å². The molecule has 5 rings (SSSR count). The third kappa shape index (κ3) is 5.17. The Morgan fingerprint density at radius 3 is 2.34 bits per heavy atom. The molecule has 4 heteroatoms. The number of ether oxygens (including phenoxy) is 1. The van der Waals surface area contributed by atoms with E-state index in [1.807, 2.05) is 6.07 Å². The first-order valence-electron chi connectivity index (χ1n) is 11.0. The molecule has 32 heavy (non-hydrogen) atoms. The molecule has 3 aromatic carbocycles. The summed E-state index contributed by atoms with van der Waals surface area (Å²) in [5.74, 6) is 0.939. The summed E-state index contributed by atoms with van der Waals surface area (Å²) in [6, 6.07) is 25.5. The normalized spacial score (nSPS) is 12.9. The van der Waals surface area contributed by atoms with Crippen molar-refractivity contribution >= 4 is 23.3 Å². The lowest BCUT2D eigenvalue weighted by Gasteiger charge is -2.09. The summed E-state index contributed by atoms with van der Waals surface area (Å²) in [4.78, 5) is 3.66. The van der Waals surface area contributed by atoms with Gasteiger partial charge in [-0.2, -0.15) is 0 Å². The third-order valence-corrected chi connectivity index (χ3v) is 6.03. The molecule has 0 fully saturated rings. The number of rotatable bonds is 6. The van der Waals surface area contributed by atoms with E-state index >= 15 is 0 Å². The van der Waals surface area contributed by atoms with Crippen LogP contribution in [-0.4, -0.2) is 24.7 Å². The van der Waals surface area contributed by atoms with Crippen LogP contribution >= 0.6 is 12.4 Å². The molecule has 4 aromatic rings. The van der Waals surface area contributed by atoms with Crippen LogP contribution < -0.4 is 10.1 Å². The van der Waals surface area contributed by atoms with Gasteiger partial charge in [0.25, 0.3) is 0 Å². The second-order valence-corrected chi connectivity index (χ2v) is 8.01. The Morgan fingerprint density at radius 1 is 0.781 bits per heavy atom. The van der Waals surface area contributed by atoms with E-state index in [2.05, 4.69) is 77.0 Å². The molecule has 2 heterocycles. The van der Waals surface area contributed by atoms with E-state index in [0.29, 0.717) is 0 Å². The van der Waals surface area contributed by atoms with Crippen LogP contribution in [0.25, 0.3) is 22.0 Å². The van der Waals surface area contributed by atoms with Crippen LogP contribution in [0.4, 0.5) is 0 Å². The highest BCUT2D eigenvalue weighted by Crippen LogP contribution is 2.29. The zero-order valence-corrected chi connectivity index (χ0v) is 18.5. The van der Waals surface area contributed by atoms with Crippen molar-refractivity contribution < 1.29 is 4.74 Å². The minimum Gasteiger partial charge on any atom is -0.494 e. The Hall–Kier alpha value is -2.75. The molecule has 0 saturated carbocycles.